The first-order valence-corrected chi connectivity index (χ1v) is 8.61. The van der Waals surface area contributed by atoms with Gasteiger partial charge < -0.3 is 15.4 Å². The summed E-state index contributed by atoms with van der Waals surface area (Å²) < 4.78 is 5.36. The third-order valence-electron chi connectivity index (χ3n) is 3.79. The molecule has 2 N–H and O–H groups in total. The third-order valence-corrected chi connectivity index (χ3v) is 4.05. The van der Waals surface area contributed by atoms with Crippen molar-refractivity contribution in [3.63, 3.8) is 0 Å². The van der Waals surface area contributed by atoms with Crippen molar-refractivity contribution in [2.75, 3.05) is 24.3 Å². The average molecular weight is 370 g/mol. The average Bonchev–Trinajstić information content (AvgIpc) is 2.64. The predicted octanol–water partition coefficient (Wildman–Crippen LogP) is 4.24. The molecule has 0 fully saturated rings. The lowest BCUT2D eigenvalue weighted by atomic mass is 10.1. The number of rotatable bonds is 7. The summed E-state index contributed by atoms with van der Waals surface area (Å²) in [5.74, 6) is 1.79. The van der Waals surface area contributed by atoms with Gasteiger partial charge in [0.2, 0.25) is 5.95 Å². The summed E-state index contributed by atoms with van der Waals surface area (Å²) in [5.41, 5.74) is 3.11. The number of aryl methyl sites for hydroxylation is 1. The SMILES string of the molecule is COc1ccc(C)cc1Nc1nncc(NCCc2ccc(Cl)cc2)n1. The van der Waals surface area contributed by atoms with Gasteiger partial charge in [-0.15, -0.1) is 5.10 Å². The maximum atomic E-state index is 5.90. The Morgan fingerprint density at radius 1 is 1.12 bits per heavy atom. The molecule has 0 aliphatic heterocycles. The molecular weight excluding hydrogens is 350 g/mol. The van der Waals surface area contributed by atoms with Crippen molar-refractivity contribution < 1.29 is 4.74 Å². The minimum absolute atomic E-state index is 0.408. The molecule has 26 heavy (non-hydrogen) atoms. The molecule has 0 atom stereocenters. The second kappa shape index (κ2) is 8.49. The molecule has 1 heterocycles. The van der Waals surface area contributed by atoms with Crippen molar-refractivity contribution in [1.29, 1.82) is 0 Å². The Morgan fingerprint density at radius 2 is 1.92 bits per heavy atom. The number of aromatic nitrogens is 3. The maximum absolute atomic E-state index is 5.90. The minimum atomic E-state index is 0.408. The Balaban J connectivity index is 1.63. The van der Waals surface area contributed by atoms with Gasteiger partial charge >= 0.3 is 0 Å². The molecule has 2 aromatic carbocycles. The fraction of sp³-hybridized carbons (Fsp3) is 0.211. The first kappa shape index (κ1) is 17.9. The zero-order chi connectivity index (χ0) is 18.4. The molecule has 0 unspecified atom stereocenters. The van der Waals surface area contributed by atoms with Gasteiger partial charge in [0.15, 0.2) is 5.82 Å². The van der Waals surface area contributed by atoms with Crippen molar-refractivity contribution in [1.82, 2.24) is 15.2 Å². The van der Waals surface area contributed by atoms with Gasteiger partial charge in [-0.3, -0.25) is 0 Å². The van der Waals surface area contributed by atoms with Crippen LogP contribution in [0.1, 0.15) is 11.1 Å². The second-order valence-electron chi connectivity index (χ2n) is 5.80. The molecule has 7 heteroatoms. The maximum Gasteiger partial charge on any atom is 0.249 e. The van der Waals surface area contributed by atoms with E-state index in [1.807, 2.05) is 49.4 Å². The fourth-order valence-electron chi connectivity index (χ4n) is 2.47. The highest BCUT2D eigenvalue weighted by Gasteiger charge is 2.07. The molecule has 0 saturated heterocycles. The standard InChI is InChI=1S/C19H20ClN5O/c1-13-3-8-17(26-2)16(11-13)23-19-24-18(12-22-25-19)21-10-9-14-4-6-15(20)7-5-14/h3-8,11-12H,9-10H2,1-2H3,(H2,21,23,24,25). The highest BCUT2D eigenvalue weighted by Crippen LogP contribution is 2.27. The number of anilines is 3. The van der Waals surface area contributed by atoms with E-state index in [-0.39, 0.29) is 0 Å². The summed E-state index contributed by atoms with van der Waals surface area (Å²) in [4.78, 5) is 4.45. The first-order chi connectivity index (χ1) is 12.6. The van der Waals surface area contributed by atoms with Gasteiger partial charge in [-0.2, -0.15) is 10.1 Å². The van der Waals surface area contributed by atoms with Crippen LogP contribution in [-0.4, -0.2) is 28.8 Å². The van der Waals surface area contributed by atoms with E-state index in [4.69, 9.17) is 16.3 Å². The molecule has 134 valence electrons. The van der Waals surface area contributed by atoms with Crippen LogP contribution >= 0.6 is 11.6 Å². The van der Waals surface area contributed by atoms with Gasteiger partial charge in [0.25, 0.3) is 0 Å². The number of benzene rings is 2. The number of nitrogens with zero attached hydrogens (tertiary/aromatic N) is 3. The molecule has 3 rings (SSSR count). The predicted molar refractivity (Wildman–Crippen MR) is 104 cm³/mol. The smallest absolute Gasteiger partial charge is 0.249 e. The van der Waals surface area contributed by atoms with Gasteiger partial charge in [0, 0.05) is 11.6 Å². The van der Waals surface area contributed by atoms with Gasteiger partial charge in [0.05, 0.1) is 19.0 Å². The van der Waals surface area contributed by atoms with Crippen molar-refractivity contribution in [3.8, 4) is 5.75 Å². The Labute approximate surface area is 157 Å². The van der Waals surface area contributed by atoms with E-state index < -0.39 is 0 Å². The quantitative estimate of drug-likeness (QED) is 0.649. The zero-order valence-corrected chi connectivity index (χ0v) is 15.4. The lowest BCUT2D eigenvalue weighted by molar-refractivity contribution is 0.416. The number of nitrogens with one attached hydrogen (secondary N) is 2. The van der Waals surface area contributed by atoms with Crippen molar-refractivity contribution >= 4 is 29.1 Å². The van der Waals surface area contributed by atoms with E-state index in [0.717, 1.165) is 35.0 Å². The highest BCUT2D eigenvalue weighted by molar-refractivity contribution is 6.30. The Bertz CT molecular complexity index is 870. The lowest BCUT2D eigenvalue weighted by Gasteiger charge is -2.11. The number of hydrogen-bond acceptors (Lipinski definition) is 6. The molecular formula is C19H20ClN5O. The molecule has 0 aliphatic carbocycles. The van der Waals surface area contributed by atoms with Crippen LogP contribution in [-0.2, 0) is 6.42 Å². The van der Waals surface area contributed by atoms with Crippen LogP contribution in [0.3, 0.4) is 0 Å². The number of halogens is 1. The fourth-order valence-corrected chi connectivity index (χ4v) is 2.59. The number of hydrogen-bond donors (Lipinski definition) is 2. The van der Waals surface area contributed by atoms with E-state index in [9.17, 15) is 0 Å². The van der Waals surface area contributed by atoms with Crippen LogP contribution in [0, 0.1) is 6.92 Å². The summed E-state index contributed by atoms with van der Waals surface area (Å²) in [5, 5.41) is 15.2. The minimum Gasteiger partial charge on any atom is -0.495 e. The molecule has 0 radical (unpaired) electrons. The molecule has 0 saturated carbocycles. The van der Waals surface area contributed by atoms with E-state index in [2.05, 4.69) is 25.8 Å². The topological polar surface area (TPSA) is 72.0 Å². The molecule has 3 aromatic rings. The van der Waals surface area contributed by atoms with E-state index in [1.165, 1.54) is 5.56 Å². The summed E-state index contributed by atoms with van der Waals surface area (Å²) in [6.07, 6.45) is 2.45. The third kappa shape index (κ3) is 4.83. The summed E-state index contributed by atoms with van der Waals surface area (Å²) in [6.45, 7) is 2.74. The normalized spacial score (nSPS) is 10.4. The van der Waals surface area contributed by atoms with Crippen LogP contribution in [0.5, 0.6) is 5.75 Å². The molecule has 0 spiro atoms. The molecule has 6 nitrogen and oxygen atoms in total. The van der Waals surface area contributed by atoms with Crippen molar-refractivity contribution in [2.24, 2.45) is 0 Å². The monoisotopic (exact) mass is 369 g/mol. The number of methoxy groups -OCH3 is 1. The largest absolute Gasteiger partial charge is 0.495 e. The first-order valence-electron chi connectivity index (χ1n) is 8.24. The zero-order valence-electron chi connectivity index (χ0n) is 14.7. The number of ether oxygens (including phenoxy) is 1. The van der Waals surface area contributed by atoms with Gasteiger partial charge in [-0.1, -0.05) is 29.8 Å². The van der Waals surface area contributed by atoms with E-state index >= 15 is 0 Å². The second-order valence-corrected chi connectivity index (χ2v) is 6.23. The van der Waals surface area contributed by atoms with E-state index in [0.29, 0.717) is 11.8 Å². The van der Waals surface area contributed by atoms with Crippen LogP contribution in [0.4, 0.5) is 17.5 Å². The molecule has 0 amide bonds. The van der Waals surface area contributed by atoms with Crippen LogP contribution in [0.15, 0.2) is 48.7 Å². The van der Waals surface area contributed by atoms with Crippen LogP contribution in [0.25, 0.3) is 0 Å². The van der Waals surface area contributed by atoms with Gasteiger partial charge in [-0.25, -0.2) is 0 Å². The molecule has 1 aromatic heterocycles. The summed E-state index contributed by atoms with van der Waals surface area (Å²) in [6, 6.07) is 13.7. The summed E-state index contributed by atoms with van der Waals surface area (Å²) >= 11 is 5.90. The highest BCUT2D eigenvalue weighted by atomic mass is 35.5. The van der Waals surface area contributed by atoms with E-state index in [1.54, 1.807) is 13.3 Å². The van der Waals surface area contributed by atoms with Crippen molar-refractivity contribution in [2.45, 2.75) is 13.3 Å². The summed E-state index contributed by atoms with van der Waals surface area (Å²) in [7, 11) is 1.63. The molecule has 0 aliphatic rings. The van der Waals surface area contributed by atoms with Crippen LogP contribution < -0.4 is 15.4 Å². The Kier molecular flexibility index (Phi) is 5.86. The van der Waals surface area contributed by atoms with Gasteiger partial charge in [-0.05, 0) is 48.7 Å². The van der Waals surface area contributed by atoms with Crippen molar-refractivity contribution in [3.05, 3.63) is 64.8 Å². The van der Waals surface area contributed by atoms with Crippen LogP contribution in [0.2, 0.25) is 5.02 Å². The Hall–Kier alpha value is -2.86. The van der Waals surface area contributed by atoms with Gasteiger partial charge in [0.1, 0.15) is 5.75 Å². The molecule has 0 bridgehead atoms. The lowest BCUT2D eigenvalue weighted by Crippen LogP contribution is -2.09. The Morgan fingerprint density at radius 3 is 2.69 bits per heavy atom.